The molecule has 0 radical (unpaired) electrons. The molecule has 6 heteroatoms. The van der Waals surface area contributed by atoms with Crippen LogP contribution in [0.3, 0.4) is 0 Å². The summed E-state index contributed by atoms with van der Waals surface area (Å²) < 4.78 is 17.1. The van der Waals surface area contributed by atoms with E-state index in [0.29, 0.717) is 28.3 Å². The monoisotopic (exact) mass is 335 g/mol. The lowest BCUT2D eigenvalue weighted by Crippen LogP contribution is -2.10. The van der Waals surface area contributed by atoms with Crippen LogP contribution in [0.5, 0.6) is 0 Å². The van der Waals surface area contributed by atoms with E-state index in [9.17, 15) is 5.26 Å². The summed E-state index contributed by atoms with van der Waals surface area (Å²) in [4.78, 5) is 4.26. The lowest BCUT2D eigenvalue weighted by Gasteiger charge is -2.20. The first kappa shape index (κ1) is 15.5. The number of nitrogen functional groups attached to an aromatic ring is 1. The highest BCUT2D eigenvalue weighted by molar-refractivity contribution is 5.76. The molecule has 25 heavy (non-hydrogen) atoms. The van der Waals surface area contributed by atoms with Gasteiger partial charge < -0.3 is 19.3 Å². The Balaban J connectivity index is 1.76. The molecule has 0 aromatic carbocycles. The van der Waals surface area contributed by atoms with Crippen LogP contribution in [0.2, 0.25) is 0 Å². The zero-order chi connectivity index (χ0) is 17.2. The van der Waals surface area contributed by atoms with Crippen molar-refractivity contribution in [1.82, 2.24) is 4.98 Å². The van der Waals surface area contributed by atoms with Gasteiger partial charge in [0.05, 0.1) is 6.26 Å². The normalized spacial score (nSPS) is 17.3. The number of anilines is 1. The summed E-state index contributed by atoms with van der Waals surface area (Å²) >= 11 is 0. The molecular weight excluding hydrogens is 318 g/mol. The maximum atomic E-state index is 9.48. The van der Waals surface area contributed by atoms with Crippen molar-refractivity contribution >= 4 is 5.82 Å². The van der Waals surface area contributed by atoms with E-state index in [1.807, 2.05) is 12.1 Å². The molecular formula is C19H17N3O3. The second-order valence-electron chi connectivity index (χ2n) is 5.96. The zero-order valence-electron chi connectivity index (χ0n) is 13.6. The van der Waals surface area contributed by atoms with Gasteiger partial charge in [-0.25, -0.2) is 4.98 Å². The third-order valence-electron chi connectivity index (χ3n) is 4.32. The van der Waals surface area contributed by atoms with Crippen LogP contribution in [0.15, 0.2) is 45.4 Å². The van der Waals surface area contributed by atoms with Gasteiger partial charge in [-0.15, -0.1) is 0 Å². The molecule has 3 aromatic rings. The van der Waals surface area contributed by atoms with E-state index in [0.717, 1.165) is 31.6 Å². The fourth-order valence-electron chi connectivity index (χ4n) is 3.06. The van der Waals surface area contributed by atoms with Crippen LogP contribution >= 0.6 is 0 Å². The Bertz CT molecular complexity index is 916. The van der Waals surface area contributed by atoms with Crippen molar-refractivity contribution in [2.45, 2.75) is 25.4 Å². The Morgan fingerprint density at radius 2 is 2.12 bits per heavy atom. The number of nitrogens with zero attached hydrogens (tertiary/aromatic N) is 2. The van der Waals surface area contributed by atoms with Gasteiger partial charge >= 0.3 is 0 Å². The van der Waals surface area contributed by atoms with Gasteiger partial charge in [0.2, 0.25) is 0 Å². The number of hydrogen-bond acceptors (Lipinski definition) is 6. The van der Waals surface area contributed by atoms with Crippen molar-refractivity contribution in [3.05, 3.63) is 47.9 Å². The minimum atomic E-state index is -0.0308. The average Bonchev–Trinajstić information content (AvgIpc) is 3.34. The molecule has 126 valence electrons. The number of ether oxygens (including phenoxy) is 1. The van der Waals surface area contributed by atoms with Crippen LogP contribution < -0.4 is 5.73 Å². The van der Waals surface area contributed by atoms with Gasteiger partial charge in [-0.05, 0) is 49.6 Å². The largest absolute Gasteiger partial charge is 0.463 e. The summed E-state index contributed by atoms with van der Waals surface area (Å²) in [7, 11) is 0. The zero-order valence-corrected chi connectivity index (χ0v) is 13.6. The number of aromatic nitrogens is 1. The topological polar surface area (TPSA) is 98.2 Å². The highest BCUT2D eigenvalue weighted by Gasteiger charge is 2.22. The van der Waals surface area contributed by atoms with Crippen molar-refractivity contribution < 1.29 is 13.6 Å². The summed E-state index contributed by atoms with van der Waals surface area (Å²) in [5.41, 5.74) is 7.44. The van der Waals surface area contributed by atoms with Gasteiger partial charge in [0.15, 0.2) is 5.76 Å². The van der Waals surface area contributed by atoms with Crippen LogP contribution in [-0.4, -0.2) is 11.6 Å². The molecule has 1 aliphatic rings. The summed E-state index contributed by atoms with van der Waals surface area (Å²) in [5.74, 6) is 2.08. The number of rotatable bonds is 3. The van der Waals surface area contributed by atoms with Gasteiger partial charge in [-0.1, -0.05) is 0 Å². The average molecular weight is 335 g/mol. The number of hydrogen-bond donors (Lipinski definition) is 1. The second kappa shape index (κ2) is 6.46. The first-order chi connectivity index (χ1) is 12.3. The van der Waals surface area contributed by atoms with E-state index in [-0.39, 0.29) is 11.9 Å². The maximum absolute atomic E-state index is 9.48. The Kier molecular flexibility index (Phi) is 4.00. The van der Waals surface area contributed by atoms with Gasteiger partial charge in [0.1, 0.15) is 40.8 Å². The number of nitriles is 1. The Labute approximate surface area is 144 Å². The third kappa shape index (κ3) is 2.90. The quantitative estimate of drug-likeness (QED) is 0.766. The molecule has 6 nitrogen and oxygen atoms in total. The van der Waals surface area contributed by atoms with Crippen molar-refractivity contribution in [1.29, 1.82) is 5.26 Å². The van der Waals surface area contributed by atoms with E-state index in [4.69, 9.17) is 19.3 Å². The Morgan fingerprint density at radius 3 is 2.84 bits per heavy atom. The molecule has 0 spiro atoms. The van der Waals surface area contributed by atoms with Crippen LogP contribution in [0.4, 0.5) is 5.82 Å². The Hall–Kier alpha value is -3.04. The summed E-state index contributed by atoms with van der Waals surface area (Å²) in [6, 6.07) is 11.2. The van der Waals surface area contributed by atoms with Crippen LogP contribution in [-0.2, 0) is 4.74 Å². The first-order valence-electron chi connectivity index (χ1n) is 8.22. The molecule has 4 rings (SSSR count). The van der Waals surface area contributed by atoms with E-state index < -0.39 is 0 Å². The molecule has 1 saturated heterocycles. The molecule has 1 fully saturated rings. The van der Waals surface area contributed by atoms with Crippen LogP contribution in [0, 0.1) is 11.3 Å². The molecule has 0 aliphatic carbocycles. The first-order valence-corrected chi connectivity index (χ1v) is 8.22. The lowest BCUT2D eigenvalue weighted by atomic mass is 10.1. The van der Waals surface area contributed by atoms with Crippen LogP contribution in [0.25, 0.3) is 22.8 Å². The van der Waals surface area contributed by atoms with Gasteiger partial charge in [-0.2, -0.15) is 5.26 Å². The predicted octanol–water partition coefficient (Wildman–Crippen LogP) is 4.30. The highest BCUT2D eigenvalue weighted by Crippen LogP contribution is 2.35. The highest BCUT2D eigenvalue weighted by atomic mass is 16.5. The molecule has 2 N–H and O–H groups in total. The fourth-order valence-corrected chi connectivity index (χ4v) is 3.06. The predicted molar refractivity (Wildman–Crippen MR) is 91.3 cm³/mol. The van der Waals surface area contributed by atoms with Gasteiger partial charge in [-0.3, -0.25) is 0 Å². The van der Waals surface area contributed by atoms with E-state index in [2.05, 4.69) is 11.1 Å². The molecule has 1 atom stereocenters. The lowest BCUT2D eigenvalue weighted by molar-refractivity contribution is 0.00222. The van der Waals surface area contributed by atoms with Crippen LogP contribution in [0.1, 0.15) is 36.7 Å². The molecule has 1 aliphatic heterocycles. The minimum absolute atomic E-state index is 0.0308. The smallest absolute Gasteiger partial charge is 0.152 e. The SMILES string of the molecule is N#Cc1c(-c2ccc([C@@H]3CCCCO3)o2)cc(-c2ccco2)nc1N. The molecule has 0 bridgehead atoms. The number of nitrogens with two attached hydrogens (primary N) is 1. The summed E-state index contributed by atoms with van der Waals surface area (Å²) in [5, 5.41) is 9.48. The minimum Gasteiger partial charge on any atom is -0.463 e. The second-order valence-corrected chi connectivity index (χ2v) is 5.96. The maximum Gasteiger partial charge on any atom is 0.152 e. The third-order valence-corrected chi connectivity index (χ3v) is 4.32. The van der Waals surface area contributed by atoms with E-state index in [1.54, 1.807) is 24.5 Å². The molecule has 3 aromatic heterocycles. The van der Waals surface area contributed by atoms with E-state index >= 15 is 0 Å². The van der Waals surface area contributed by atoms with Gasteiger partial charge in [0, 0.05) is 12.2 Å². The number of pyridine rings is 1. The standard InChI is InChI=1S/C19H17N3O3/c20-11-13-12(10-14(22-19(13)21)16-5-3-9-23-16)15-6-7-18(25-15)17-4-1-2-8-24-17/h3,5-7,9-10,17H,1-2,4,8H2,(H2,21,22)/t17-/m0/s1. The van der Waals surface area contributed by atoms with Crippen molar-refractivity contribution in [2.75, 3.05) is 12.3 Å². The summed E-state index contributed by atoms with van der Waals surface area (Å²) in [6.45, 7) is 0.745. The molecule has 0 saturated carbocycles. The van der Waals surface area contributed by atoms with Crippen molar-refractivity contribution in [3.63, 3.8) is 0 Å². The van der Waals surface area contributed by atoms with Gasteiger partial charge in [0.25, 0.3) is 0 Å². The van der Waals surface area contributed by atoms with Crippen molar-refractivity contribution in [2.24, 2.45) is 0 Å². The number of furan rings is 2. The Morgan fingerprint density at radius 1 is 1.20 bits per heavy atom. The fraction of sp³-hybridized carbons (Fsp3) is 0.263. The molecule has 0 amide bonds. The van der Waals surface area contributed by atoms with Crippen molar-refractivity contribution in [3.8, 4) is 28.8 Å². The summed E-state index contributed by atoms with van der Waals surface area (Å²) in [6.07, 6.45) is 4.67. The molecule has 0 unspecified atom stereocenters. The van der Waals surface area contributed by atoms with E-state index in [1.165, 1.54) is 0 Å². The molecule has 4 heterocycles.